The molecule has 0 N–H and O–H groups in total. The van der Waals surface area contributed by atoms with Gasteiger partial charge in [0.1, 0.15) is 6.10 Å². The molecule has 0 saturated heterocycles. The van der Waals surface area contributed by atoms with Crippen LogP contribution in [0.1, 0.15) is 40.5 Å². The normalized spacial score (nSPS) is 14.0. The highest BCUT2D eigenvalue weighted by Gasteiger charge is 2.04. The molecule has 3 nitrogen and oxygen atoms in total. The van der Waals surface area contributed by atoms with E-state index in [0.717, 1.165) is 24.1 Å². The predicted molar refractivity (Wildman–Crippen MR) is 82.5 cm³/mol. The van der Waals surface area contributed by atoms with Crippen molar-refractivity contribution in [1.29, 1.82) is 0 Å². The zero-order valence-electron chi connectivity index (χ0n) is 12.8. The number of hydrogen-bond donors (Lipinski definition) is 0. The summed E-state index contributed by atoms with van der Waals surface area (Å²) in [5.74, 6) is 0. The van der Waals surface area contributed by atoms with Gasteiger partial charge in [-0.1, -0.05) is 49.4 Å². The van der Waals surface area contributed by atoms with Crippen LogP contribution in [-0.4, -0.2) is 25.5 Å². The number of nitrogens with zero attached hydrogens (tertiary/aromatic N) is 1. The van der Waals surface area contributed by atoms with Crippen molar-refractivity contribution >= 4 is 5.71 Å². The number of rotatable bonds is 9. The van der Waals surface area contributed by atoms with Crippen molar-refractivity contribution in [1.82, 2.24) is 0 Å². The summed E-state index contributed by atoms with van der Waals surface area (Å²) in [5.41, 5.74) is 1.92. The minimum Gasteiger partial charge on any atom is -0.392 e. The summed E-state index contributed by atoms with van der Waals surface area (Å²) in [6, 6.07) is 0. The molecule has 0 rings (SSSR count). The average molecular weight is 265 g/mol. The van der Waals surface area contributed by atoms with Gasteiger partial charge in [-0.3, -0.25) is 0 Å². The summed E-state index contributed by atoms with van der Waals surface area (Å²) < 4.78 is 4.96. The van der Waals surface area contributed by atoms with Gasteiger partial charge in [-0.05, 0) is 32.3 Å². The van der Waals surface area contributed by atoms with Crippen LogP contribution in [0.3, 0.4) is 0 Å². The summed E-state index contributed by atoms with van der Waals surface area (Å²) in [5, 5.41) is 4.22. The van der Waals surface area contributed by atoms with Gasteiger partial charge in [0.05, 0.1) is 12.3 Å². The molecule has 0 amide bonds. The SMILES string of the molecule is C\C=C/C(=C\C=C\COC)C(/C)=N/OC(CC)CC. The van der Waals surface area contributed by atoms with Gasteiger partial charge in [0.25, 0.3) is 0 Å². The summed E-state index contributed by atoms with van der Waals surface area (Å²) in [7, 11) is 1.68. The van der Waals surface area contributed by atoms with Gasteiger partial charge in [0, 0.05) is 7.11 Å². The van der Waals surface area contributed by atoms with E-state index in [1.165, 1.54) is 0 Å². The highest BCUT2D eigenvalue weighted by molar-refractivity contribution is 6.00. The van der Waals surface area contributed by atoms with E-state index in [9.17, 15) is 0 Å². The van der Waals surface area contributed by atoms with E-state index in [4.69, 9.17) is 9.57 Å². The largest absolute Gasteiger partial charge is 0.392 e. The van der Waals surface area contributed by atoms with Crippen molar-refractivity contribution in [3.63, 3.8) is 0 Å². The fourth-order valence-corrected chi connectivity index (χ4v) is 1.44. The first-order chi connectivity index (χ1) is 9.19. The van der Waals surface area contributed by atoms with Crippen molar-refractivity contribution in [3.8, 4) is 0 Å². The molecule has 0 fully saturated rings. The van der Waals surface area contributed by atoms with Gasteiger partial charge in [-0.25, -0.2) is 0 Å². The summed E-state index contributed by atoms with van der Waals surface area (Å²) in [6.45, 7) is 8.77. The van der Waals surface area contributed by atoms with Crippen LogP contribution in [0.25, 0.3) is 0 Å². The van der Waals surface area contributed by atoms with E-state index in [1.807, 2.05) is 44.2 Å². The Kier molecular flexibility index (Phi) is 10.9. The lowest BCUT2D eigenvalue weighted by Crippen LogP contribution is -2.08. The predicted octanol–water partition coefficient (Wildman–Crippen LogP) is 4.27. The second-order valence-corrected chi connectivity index (χ2v) is 4.23. The van der Waals surface area contributed by atoms with Gasteiger partial charge >= 0.3 is 0 Å². The monoisotopic (exact) mass is 265 g/mol. The summed E-state index contributed by atoms with van der Waals surface area (Å²) in [6.07, 6.45) is 12.1. The van der Waals surface area contributed by atoms with Crippen molar-refractivity contribution < 1.29 is 9.57 Å². The zero-order valence-corrected chi connectivity index (χ0v) is 12.8. The number of hydrogen-bond acceptors (Lipinski definition) is 3. The summed E-state index contributed by atoms with van der Waals surface area (Å²) in [4.78, 5) is 5.52. The number of oxime groups is 1. The third-order valence-corrected chi connectivity index (χ3v) is 2.69. The maximum atomic E-state index is 5.52. The number of methoxy groups -OCH3 is 1. The topological polar surface area (TPSA) is 30.8 Å². The van der Waals surface area contributed by atoms with E-state index in [-0.39, 0.29) is 6.10 Å². The lowest BCUT2D eigenvalue weighted by molar-refractivity contribution is 0.0538. The van der Waals surface area contributed by atoms with Crippen molar-refractivity contribution in [2.24, 2.45) is 5.16 Å². The molecule has 0 aliphatic carbocycles. The molecular weight excluding hydrogens is 238 g/mol. The Bertz CT molecular complexity index is 337. The first kappa shape index (κ1) is 17.6. The fraction of sp³-hybridized carbons (Fsp3) is 0.562. The Labute approximate surface area is 117 Å². The van der Waals surface area contributed by atoms with Gasteiger partial charge in [-0.2, -0.15) is 0 Å². The Morgan fingerprint density at radius 2 is 1.95 bits per heavy atom. The molecule has 0 atom stereocenters. The number of ether oxygens (including phenoxy) is 1. The maximum absolute atomic E-state index is 5.52. The molecule has 3 heteroatoms. The second-order valence-electron chi connectivity index (χ2n) is 4.23. The van der Waals surface area contributed by atoms with Crippen molar-refractivity contribution in [2.45, 2.75) is 46.6 Å². The smallest absolute Gasteiger partial charge is 0.127 e. The first-order valence-corrected chi connectivity index (χ1v) is 6.88. The maximum Gasteiger partial charge on any atom is 0.127 e. The molecule has 0 unspecified atom stereocenters. The standard InChI is InChI=1S/C16H27NO2/c1-6-11-15(12-9-10-13-18-5)14(4)17-19-16(7-2)8-3/h6,9-12,16H,7-8,13H2,1-5H3/b10-9+,11-6-,15-12+,17-14+. The molecule has 0 bridgehead atoms. The second kappa shape index (κ2) is 11.7. The Hall–Kier alpha value is -1.35. The van der Waals surface area contributed by atoms with Crippen LogP contribution < -0.4 is 0 Å². The van der Waals surface area contributed by atoms with E-state index in [1.54, 1.807) is 7.11 Å². The van der Waals surface area contributed by atoms with Crippen LogP contribution in [0.5, 0.6) is 0 Å². The zero-order chi connectivity index (χ0) is 14.5. The molecule has 0 heterocycles. The molecule has 0 aromatic rings. The highest BCUT2D eigenvalue weighted by atomic mass is 16.6. The van der Waals surface area contributed by atoms with Gasteiger partial charge in [0.15, 0.2) is 0 Å². The lowest BCUT2D eigenvalue weighted by atomic mass is 10.1. The summed E-state index contributed by atoms with van der Waals surface area (Å²) >= 11 is 0. The molecule has 19 heavy (non-hydrogen) atoms. The van der Waals surface area contributed by atoms with Crippen molar-refractivity contribution in [3.05, 3.63) is 36.0 Å². The molecule has 0 aliphatic heterocycles. The molecule has 0 aromatic carbocycles. The quantitative estimate of drug-likeness (QED) is 0.354. The third-order valence-electron chi connectivity index (χ3n) is 2.69. The lowest BCUT2D eigenvalue weighted by Gasteiger charge is -2.10. The van der Waals surface area contributed by atoms with Crippen LogP contribution in [0.2, 0.25) is 0 Å². The van der Waals surface area contributed by atoms with E-state index < -0.39 is 0 Å². The first-order valence-electron chi connectivity index (χ1n) is 6.88. The fourth-order valence-electron chi connectivity index (χ4n) is 1.44. The molecule has 108 valence electrons. The minimum absolute atomic E-state index is 0.200. The van der Waals surface area contributed by atoms with Crippen LogP contribution in [0.4, 0.5) is 0 Å². The molecule has 0 spiro atoms. The average Bonchev–Trinajstić information content (AvgIpc) is 2.43. The van der Waals surface area contributed by atoms with Crippen molar-refractivity contribution in [2.75, 3.05) is 13.7 Å². The molecule has 0 aromatic heterocycles. The van der Waals surface area contributed by atoms with Crippen LogP contribution in [-0.2, 0) is 9.57 Å². The minimum atomic E-state index is 0.200. The Morgan fingerprint density at radius 3 is 2.47 bits per heavy atom. The van der Waals surface area contributed by atoms with Gasteiger partial charge in [-0.15, -0.1) is 0 Å². The third kappa shape index (κ3) is 8.38. The van der Waals surface area contributed by atoms with Gasteiger partial charge in [0.2, 0.25) is 0 Å². The molecule has 0 aliphatic rings. The number of allylic oxidation sites excluding steroid dienone is 5. The Morgan fingerprint density at radius 1 is 1.26 bits per heavy atom. The van der Waals surface area contributed by atoms with E-state index >= 15 is 0 Å². The Balaban J connectivity index is 4.72. The molecular formula is C16H27NO2. The molecule has 0 radical (unpaired) electrons. The molecule has 0 saturated carbocycles. The van der Waals surface area contributed by atoms with E-state index in [0.29, 0.717) is 6.61 Å². The van der Waals surface area contributed by atoms with E-state index in [2.05, 4.69) is 19.0 Å². The highest BCUT2D eigenvalue weighted by Crippen LogP contribution is 2.07. The van der Waals surface area contributed by atoms with Crippen LogP contribution >= 0.6 is 0 Å². The van der Waals surface area contributed by atoms with Crippen LogP contribution in [0, 0.1) is 0 Å². The van der Waals surface area contributed by atoms with Crippen LogP contribution in [0.15, 0.2) is 41.1 Å². The van der Waals surface area contributed by atoms with Gasteiger partial charge < -0.3 is 9.57 Å².